The normalized spacial score (nSPS) is 22.7. The van der Waals surface area contributed by atoms with Crippen molar-refractivity contribution in [2.75, 3.05) is 13.7 Å². The summed E-state index contributed by atoms with van der Waals surface area (Å²) >= 11 is 0. The molecule has 1 aromatic rings. The first-order valence-corrected chi connectivity index (χ1v) is 7.79. The number of hydrogen-bond donors (Lipinski definition) is 1. The maximum Gasteiger partial charge on any atom is 0.119 e. The van der Waals surface area contributed by atoms with Crippen LogP contribution in [-0.2, 0) is 11.3 Å². The molecule has 1 saturated carbocycles. The van der Waals surface area contributed by atoms with Crippen LogP contribution in [0.2, 0.25) is 0 Å². The highest BCUT2D eigenvalue weighted by atomic mass is 16.5. The van der Waals surface area contributed by atoms with Crippen LogP contribution in [0, 0.1) is 0 Å². The fourth-order valence-corrected chi connectivity index (χ4v) is 2.76. The van der Waals surface area contributed by atoms with Crippen LogP contribution < -0.4 is 10.1 Å². The zero-order valence-corrected chi connectivity index (χ0v) is 12.7. The molecule has 1 aliphatic carbocycles. The van der Waals surface area contributed by atoms with E-state index in [2.05, 4.69) is 24.4 Å². The molecular formula is C17H27NO2. The average molecular weight is 277 g/mol. The molecule has 1 N–H and O–H groups in total. The first-order chi connectivity index (χ1) is 9.81. The third kappa shape index (κ3) is 4.80. The van der Waals surface area contributed by atoms with Crippen LogP contribution >= 0.6 is 0 Å². The van der Waals surface area contributed by atoms with Crippen molar-refractivity contribution in [2.45, 2.75) is 57.8 Å². The van der Waals surface area contributed by atoms with E-state index in [1.54, 1.807) is 7.11 Å². The molecule has 0 aliphatic heterocycles. The second-order valence-electron chi connectivity index (χ2n) is 5.59. The first kappa shape index (κ1) is 15.3. The predicted octanol–water partition coefficient (Wildman–Crippen LogP) is 3.52. The molecule has 0 aromatic heterocycles. The second-order valence-corrected chi connectivity index (χ2v) is 5.59. The number of methoxy groups -OCH3 is 1. The summed E-state index contributed by atoms with van der Waals surface area (Å²) in [7, 11) is 1.70. The molecule has 0 bridgehead atoms. The van der Waals surface area contributed by atoms with E-state index < -0.39 is 0 Å². The van der Waals surface area contributed by atoms with Gasteiger partial charge in [0.25, 0.3) is 0 Å². The Labute approximate surface area is 122 Å². The van der Waals surface area contributed by atoms with Crippen LogP contribution in [0.3, 0.4) is 0 Å². The van der Waals surface area contributed by atoms with Gasteiger partial charge in [0.2, 0.25) is 0 Å². The highest BCUT2D eigenvalue weighted by molar-refractivity contribution is 5.27. The van der Waals surface area contributed by atoms with Gasteiger partial charge < -0.3 is 14.8 Å². The first-order valence-electron chi connectivity index (χ1n) is 7.79. The molecule has 0 spiro atoms. The third-order valence-electron chi connectivity index (χ3n) is 3.98. The molecule has 1 aliphatic rings. The summed E-state index contributed by atoms with van der Waals surface area (Å²) in [6.45, 7) is 4.05. The van der Waals surface area contributed by atoms with Gasteiger partial charge in [0.1, 0.15) is 5.75 Å². The predicted molar refractivity (Wildman–Crippen MR) is 82.1 cm³/mol. The summed E-state index contributed by atoms with van der Waals surface area (Å²) in [6.07, 6.45) is 6.45. The van der Waals surface area contributed by atoms with Crippen LogP contribution in [0.15, 0.2) is 24.3 Å². The molecule has 2 rings (SSSR count). The highest BCUT2D eigenvalue weighted by Crippen LogP contribution is 2.23. The van der Waals surface area contributed by atoms with Crippen LogP contribution in [0.25, 0.3) is 0 Å². The largest absolute Gasteiger partial charge is 0.497 e. The lowest BCUT2D eigenvalue weighted by Crippen LogP contribution is -2.35. The molecule has 0 saturated heterocycles. The fraction of sp³-hybridized carbons (Fsp3) is 0.647. The van der Waals surface area contributed by atoms with Crippen LogP contribution in [-0.4, -0.2) is 25.8 Å². The lowest BCUT2D eigenvalue weighted by Gasteiger charge is -2.29. The van der Waals surface area contributed by atoms with Crippen molar-refractivity contribution in [3.8, 4) is 5.75 Å². The molecular weight excluding hydrogens is 250 g/mol. The SMILES string of the molecule is CCCNC1CCC(OCc2cccc(OC)c2)CC1. The van der Waals surface area contributed by atoms with E-state index in [0.717, 1.165) is 12.3 Å². The maximum atomic E-state index is 6.04. The zero-order chi connectivity index (χ0) is 14.2. The molecule has 0 unspecified atom stereocenters. The number of rotatable bonds is 7. The Kier molecular flexibility index (Phi) is 6.34. The van der Waals surface area contributed by atoms with Crippen molar-refractivity contribution < 1.29 is 9.47 Å². The summed E-state index contributed by atoms with van der Waals surface area (Å²) in [5.41, 5.74) is 1.19. The second kappa shape index (κ2) is 8.28. The maximum absolute atomic E-state index is 6.04. The van der Waals surface area contributed by atoms with Gasteiger partial charge in [0.05, 0.1) is 19.8 Å². The molecule has 112 valence electrons. The van der Waals surface area contributed by atoms with E-state index >= 15 is 0 Å². The molecule has 0 heterocycles. The average Bonchev–Trinajstić information content (AvgIpc) is 2.52. The summed E-state index contributed by atoms with van der Waals surface area (Å²) in [5.74, 6) is 0.901. The fourth-order valence-electron chi connectivity index (χ4n) is 2.76. The Balaban J connectivity index is 1.70. The van der Waals surface area contributed by atoms with Gasteiger partial charge in [-0.25, -0.2) is 0 Å². The molecule has 0 amide bonds. The number of nitrogens with one attached hydrogen (secondary N) is 1. The molecule has 20 heavy (non-hydrogen) atoms. The van der Waals surface area contributed by atoms with Crippen molar-refractivity contribution >= 4 is 0 Å². The van der Waals surface area contributed by atoms with Crippen molar-refractivity contribution in [1.82, 2.24) is 5.32 Å². The smallest absolute Gasteiger partial charge is 0.119 e. The van der Waals surface area contributed by atoms with Gasteiger partial charge >= 0.3 is 0 Å². The minimum atomic E-state index is 0.417. The third-order valence-corrected chi connectivity index (χ3v) is 3.98. The molecule has 1 fully saturated rings. The molecule has 0 radical (unpaired) electrons. The van der Waals surface area contributed by atoms with E-state index in [1.165, 1.54) is 37.7 Å². The Morgan fingerprint density at radius 2 is 2.00 bits per heavy atom. The van der Waals surface area contributed by atoms with E-state index in [-0.39, 0.29) is 0 Å². The molecule has 3 heteroatoms. The van der Waals surface area contributed by atoms with Gasteiger partial charge in [-0.2, -0.15) is 0 Å². The van der Waals surface area contributed by atoms with Crippen LogP contribution in [0.4, 0.5) is 0 Å². The summed E-state index contributed by atoms with van der Waals surface area (Å²) in [4.78, 5) is 0. The minimum absolute atomic E-state index is 0.417. The van der Waals surface area contributed by atoms with Crippen molar-refractivity contribution in [3.05, 3.63) is 29.8 Å². The summed E-state index contributed by atoms with van der Waals surface area (Å²) in [6, 6.07) is 8.83. The van der Waals surface area contributed by atoms with Crippen molar-refractivity contribution in [2.24, 2.45) is 0 Å². The van der Waals surface area contributed by atoms with Crippen molar-refractivity contribution in [1.29, 1.82) is 0 Å². The molecule has 1 aromatic carbocycles. The Morgan fingerprint density at radius 1 is 1.20 bits per heavy atom. The van der Waals surface area contributed by atoms with Gasteiger partial charge in [-0.3, -0.25) is 0 Å². The minimum Gasteiger partial charge on any atom is -0.497 e. The van der Waals surface area contributed by atoms with Gasteiger partial charge in [-0.1, -0.05) is 19.1 Å². The lowest BCUT2D eigenvalue weighted by molar-refractivity contribution is 0.0113. The van der Waals surface area contributed by atoms with E-state index in [1.807, 2.05) is 12.1 Å². The highest BCUT2D eigenvalue weighted by Gasteiger charge is 2.20. The number of ether oxygens (including phenoxy) is 2. The summed E-state index contributed by atoms with van der Waals surface area (Å²) in [5, 5.41) is 3.61. The quantitative estimate of drug-likeness (QED) is 0.827. The van der Waals surface area contributed by atoms with Gasteiger partial charge in [-0.15, -0.1) is 0 Å². The molecule has 0 atom stereocenters. The Hall–Kier alpha value is -1.06. The Morgan fingerprint density at radius 3 is 2.70 bits per heavy atom. The standard InChI is InChI=1S/C17H27NO2/c1-3-11-18-15-7-9-16(10-8-15)20-13-14-5-4-6-17(12-14)19-2/h4-6,12,15-16,18H,3,7-11,13H2,1-2H3. The number of hydrogen-bond acceptors (Lipinski definition) is 3. The molecule has 3 nitrogen and oxygen atoms in total. The van der Waals surface area contributed by atoms with E-state index in [4.69, 9.17) is 9.47 Å². The van der Waals surface area contributed by atoms with E-state index in [9.17, 15) is 0 Å². The Bertz CT molecular complexity index is 386. The summed E-state index contributed by atoms with van der Waals surface area (Å²) < 4.78 is 11.3. The zero-order valence-electron chi connectivity index (χ0n) is 12.7. The topological polar surface area (TPSA) is 30.5 Å². The van der Waals surface area contributed by atoms with Gasteiger partial charge in [-0.05, 0) is 56.3 Å². The van der Waals surface area contributed by atoms with Crippen molar-refractivity contribution in [3.63, 3.8) is 0 Å². The van der Waals surface area contributed by atoms with Gasteiger partial charge in [0.15, 0.2) is 0 Å². The van der Waals surface area contributed by atoms with Crippen LogP contribution in [0.5, 0.6) is 5.75 Å². The van der Waals surface area contributed by atoms with Crippen LogP contribution in [0.1, 0.15) is 44.6 Å². The van der Waals surface area contributed by atoms with E-state index in [0.29, 0.717) is 18.8 Å². The monoisotopic (exact) mass is 277 g/mol. The number of benzene rings is 1. The lowest BCUT2D eigenvalue weighted by atomic mass is 9.93. The van der Waals surface area contributed by atoms with Gasteiger partial charge in [0, 0.05) is 6.04 Å².